The van der Waals surface area contributed by atoms with Crippen LogP contribution in [-0.2, 0) is 4.79 Å². The zero-order valence-corrected chi connectivity index (χ0v) is 15.7. The minimum atomic E-state index is 0.178. The third-order valence-corrected chi connectivity index (χ3v) is 4.88. The molecule has 1 aromatic heterocycles. The van der Waals surface area contributed by atoms with E-state index in [0.717, 1.165) is 44.2 Å². The highest BCUT2D eigenvalue weighted by molar-refractivity contribution is 5.81. The van der Waals surface area contributed by atoms with E-state index < -0.39 is 0 Å². The highest BCUT2D eigenvalue weighted by Gasteiger charge is 2.29. The zero-order valence-electron chi connectivity index (χ0n) is 15.7. The SMILES string of the molecule is CCNC(=NCC(c1ccco1)N1CCCC1)NCCNC(=O)C1CC1. The van der Waals surface area contributed by atoms with Gasteiger partial charge in [0.25, 0.3) is 0 Å². The minimum absolute atomic E-state index is 0.178. The van der Waals surface area contributed by atoms with E-state index in [1.54, 1.807) is 6.26 Å². The van der Waals surface area contributed by atoms with Crippen molar-refractivity contribution in [1.29, 1.82) is 0 Å². The Labute approximate surface area is 155 Å². The fraction of sp³-hybridized carbons (Fsp3) is 0.684. The molecule has 7 nitrogen and oxygen atoms in total. The Morgan fingerprint density at radius 1 is 1.27 bits per heavy atom. The van der Waals surface area contributed by atoms with Crippen LogP contribution in [-0.4, -0.2) is 56.0 Å². The summed E-state index contributed by atoms with van der Waals surface area (Å²) in [5, 5.41) is 9.54. The smallest absolute Gasteiger partial charge is 0.223 e. The van der Waals surface area contributed by atoms with Crippen LogP contribution < -0.4 is 16.0 Å². The fourth-order valence-corrected chi connectivity index (χ4v) is 3.30. The highest BCUT2D eigenvalue weighted by atomic mass is 16.3. The summed E-state index contributed by atoms with van der Waals surface area (Å²) >= 11 is 0. The topological polar surface area (TPSA) is 81.9 Å². The Kier molecular flexibility index (Phi) is 6.94. The lowest BCUT2D eigenvalue weighted by atomic mass is 10.2. The van der Waals surface area contributed by atoms with E-state index in [-0.39, 0.29) is 17.9 Å². The largest absolute Gasteiger partial charge is 0.468 e. The Bertz CT molecular complexity index is 577. The van der Waals surface area contributed by atoms with Gasteiger partial charge in [-0.05, 0) is 57.8 Å². The van der Waals surface area contributed by atoms with E-state index in [4.69, 9.17) is 9.41 Å². The predicted octanol–water partition coefficient (Wildman–Crippen LogP) is 1.50. The van der Waals surface area contributed by atoms with Gasteiger partial charge in [0, 0.05) is 25.6 Å². The summed E-state index contributed by atoms with van der Waals surface area (Å²) in [7, 11) is 0. The van der Waals surface area contributed by atoms with Crippen LogP contribution in [0.3, 0.4) is 0 Å². The molecule has 1 atom stereocenters. The van der Waals surface area contributed by atoms with Crippen molar-refractivity contribution >= 4 is 11.9 Å². The van der Waals surface area contributed by atoms with E-state index >= 15 is 0 Å². The number of aliphatic imine (C=N–C) groups is 1. The lowest BCUT2D eigenvalue weighted by Crippen LogP contribution is -2.42. The quantitative estimate of drug-likeness (QED) is 0.353. The molecule has 0 spiro atoms. The minimum Gasteiger partial charge on any atom is -0.468 e. The number of amides is 1. The summed E-state index contributed by atoms with van der Waals surface area (Å²) < 4.78 is 5.65. The standard InChI is InChI=1S/C19H31N5O2/c1-2-20-19(22-10-9-21-18(25)15-7-8-15)23-14-16(17-6-5-13-26-17)24-11-3-4-12-24/h5-6,13,15-16H,2-4,7-12,14H2,1H3,(H,21,25)(H2,20,22,23). The number of carbonyl (C=O) groups excluding carboxylic acids is 1. The molecule has 0 bridgehead atoms. The molecule has 1 saturated heterocycles. The first-order chi connectivity index (χ1) is 12.8. The average Bonchev–Trinajstić information content (AvgIpc) is 3.11. The molecule has 144 valence electrons. The van der Waals surface area contributed by atoms with Gasteiger partial charge in [0.15, 0.2) is 5.96 Å². The fourth-order valence-electron chi connectivity index (χ4n) is 3.30. The van der Waals surface area contributed by atoms with Crippen molar-refractivity contribution in [3.05, 3.63) is 24.2 Å². The summed E-state index contributed by atoms with van der Waals surface area (Å²) in [6, 6.07) is 4.15. The Morgan fingerprint density at radius 3 is 2.69 bits per heavy atom. The lowest BCUT2D eigenvalue weighted by molar-refractivity contribution is -0.122. The molecule has 2 fully saturated rings. The van der Waals surface area contributed by atoms with Crippen molar-refractivity contribution in [2.24, 2.45) is 10.9 Å². The summed E-state index contributed by atoms with van der Waals surface area (Å²) in [6.07, 6.45) is 6.27. The molecule has 1 aliphatic carbocycles. The van der Waals surface area contributed by atoms with E-state index in [1.165, 1.54) is 12.8 Å². The molecule has 1 aromatic rings. The maximum Gasteiger partial charge on any atom is 0.223 e. The molecule has 1 aliphatic heterocycles. The van der Waals surface area contributed by atoms with Gasteiger partial charge in [-0.2, -0.15) is 0 Å². The number of furan rings is 1. The molecule has 7 heteroatoms. The van der Waals surface area contributed by atoms with Gasteiger partial charge < -0.3 is 20.4 Å². The molecular weight excluding hydrogens is 330 g/mol. The van der Waals surface area contributed by atoms with Crippen molar-refractivity contribution in [3.63, 3.8) is 0 Å². The summed E-state index contributed by atoms with van der Waals surface area (Å²) in [4.78, 5) is 18.9. The molecule has 3 N–H and O–H groups in total. The first-order valence-corrected chi connectivity index (χ1v) is 9.85. The van der Waals surface area contributed by atoms with Gasteiger partial charge in [-0.15, -0.1) is 0 Å². The molecule has 1 unspecified atom stereocenters. The van der Waals surface area contributed by atoms with Crippen molar-refractivity contribution in [3.8, 4) is 0 Å². The summed E-state index contributed by atoms with van der Waals surface area (Å²) in [6.45, 7) is 6.98. The monoisotopic (exact) mass is 361 g/mol. The van der Waals surface area contributed by atoms with Crippen molar-refractivity contribution in [2.75, 3.05) is 39.3 Å². The average molecular weight is 361 g/mol. The van der Waals surface area contributed by atoms with E-state index in [0.29, 0.717) is 19.6 Å². The van der Waals surface area contributed by atoms with Gasteiger partial charge in [-0.1, -0.05) is 0 Å². The Hall–Kier alpha value is -2.02. The molecule has 26 heavy (non-hydrogen) atoms. The molecule has 0 radical (unpaired) electrons. The van der Waals surface area contributed by atoms with Crippen LogP contribution in [0.15, 0.2) is 27.8 Å². The third-order valence-electron chi connectivity index (χ3n) is 4.88. The van der Waals surface area contributed by atoms with Gasteiger partial charge in [0.05, 0.1) is 18.8 Å². The number of nitrogens with one attached hydrogen (secondary N) is 3. The van der Waals surface area contributed by atoms with Crippen molar-refractivity contribution in [1.82, 2.24) is 20.9 Å². The summed E-state index contributed by atoms with van der Waals surface area (Å²) in [5.41, 5.74) is 0. The van der Waals surface area contributed by atoms with Crippen LogP contribution in [0.2, 0.25) is 0 Å². The van der Waals surface area contributed by atoms with Crippen molar-refractivity contribution in [2.45, 2.75) is 38.6 Å². The predicted molar refractivity (Wildman–Crippen MR) is 102 cm³/mol. The summed E-state index contributed by atoms with van der Waals surface area (Å²) in [5.74, 6) is 2.19. The second kappa shape index (κ2) is 9.62. The number of nitrogens with zero attached hydrogens (tertiary/aromatic N) is 2. The number of hydrogen-bond acceptors (Lipinski definition) is 4. The van der Waals surface area contributed by atoms with Crippen LogP contribution in [0.4, 0.5) is 0 Å². The molecule has 3 rings (SSSR count). The zero-order chi connectivity index (χ0) is 18.2. The van der Waals surface area contributed by atoms with Gasteiger partial charge in [0.2, 0.25) is 5.91 Å². The van der Waals surface area contributed by atoms with Crippen LogP contribution in [0.25, 0.3) is 0 Å². The molecule has 2 heterocycles. The van der Waals surface area contributed by atoms with Gasteiger partial charge in [-0.25, -0.2) is 0 Å². The van der Waals surface area contributed by atoms with E-state index in [9.17, 15) is 4.79 Å². The van der Waals surface area contributed by atoms with E-state index in [2.05, 4.69) is 27.8 Å². The second-order valence-electron chi connectivity index (χ2n) is 6.99. The van der Waals surface area contributed by atoms with Crippen LogP contribution in [0.5, 0.6) is 0 Å². The molecule has 1 amide bonds. The highest BCUT2D eigenvalue weighted by Crippen LogP contribution is 2.28. The van der Waals surface area contributed by atoms with Crippen LogP contribution >= 0.6 is 0 Å². The number of hydrogen-bond donors (Lipinski definition) is 3. The van der Waals surface area contributed by atoms with Gasteiger partial charge in [-0.3, -0.25) is 14.7 Å². The van der Waals surface area contributed by atoms with Gasteiger partial charge >= 0.3 is 0 Å². The third kappa shape index (κ3) is 5.49. The Balaban J connectivity index is 1.51. The lowest BCUT2D eigenvalue weighted by Gasteiger charge is -2.24. The number of carbonyl (C=O) groups is 1. The first kappa shape index (κ1) is 18.8. The number of rotatable bonds is 9. The number of guanidine groups is 1. The molecular formula is C19H31N5O2. The second-order valence-corrected chi connectivity index (χ2v) is 6.99. The van der Waals surface area contributed by atoms with Crippen molar-refractivity contribution < 1.29 is 9.21 Å². The molecule has 0 aromatic carbocycles. The van der Waals surface area contributed by atoms with Crippen LogP contribution in [0.1, 0.15) is 44.4 Å². The Morgan fingerprint density at radius 2 is 2.04 bits per heavy atom. The molecule has 1 saturated carbocycles. The maximum atomic E-state index is 11.7. The first-order valence-electron chi connectivity index (χ1n) is 9.85. The number of likely N-dealkylation sites (tertiary alicyclic amines) is 1. The van der Waals surface area contributed by atoms with E-state index in [1.807, 2.05) is 12.1 Å². The van der Waals surface area contributed by atoms with Crippen LogP contribution in [0, 0.1) is 5.92 Å². The molecule has 2 aliphatic rings. The normalized spacial score (nSPS) is 19.3. The maximum absolute atomic E-state index is 11.7. The van der Waals surface area contributed by atoms with Gasteiger partial charge in [0.1, 0.15) is 5.76 Å².